The maximum atomic E-state index is 12.0. The molecule has 1 aromatic heterocycles. The van der Waals surface area contributed by atoms with Gasteiger partial charge in [0.25, 0.3) is 0 Å². The molecule has 1 aromatic carbocycles. The van der Waals surface area contributed by atoms with Crippen molar-refractivity contribution in [3.63, 3.8) is 0 Å². The fourth-order valence-electron chi connectivity index (χ4n) is 1.94. The van der Waals surface area contributed by atoms with E-state index in [9.17, 15) is 10.1 Å². The number of ether oxygens (including phenoxy) is 2. The Kier molecular flexibility index (Phi) is 5.64. The third-order valence-electron chi connectivity index (χ3n) is 3.04. The Morgan fingerprint density at radius 2 is 2.12 bits per heavy atom. The number of halogens is 1. The van der Waals surface area contributed by atoms with Gasteiger partial charge in [-0.3, -0.25) is 0 Å². The van der Waals surface area contributed by atoms with Crippen molar-refractivity contribution >= 4 is 33.9 Å². The molecular weight excluding hydrogens is 350 g/mol. The second-order valence-electron chi connectivity index (χ2n) is 4.53. The van der Waals surface area contributed by atoms with Crippen molar-refractivity contribution < 1.29 is 14.3 Å². The van der Waals surface area contributed by atoms with Crippen LogP contribution in [-0.4, -0.2) is 12.6 Å². The number of nitriles is 2. The molecule has 0 saturated carbocycles. The van der Waals surface area contributed by atoms with Crippen molar-refractivity contribution in [3.8, 4) is 17.9 Å². The number of carbonyl (C=O) groups excluding carboxylic acids is 1. The van der Waals surface area contributed by atoms with Crippen molar-refractivity contribution in [2.45, 2.75) is 13.5 Å². The van der Waals surface area contributed by atoms with E-state index in [0.717, 1.165) is 11.3 Å². The lowest BCUT2D eigenvalue weighted by molar-refractivity contribution is 0.0529. The Morgan fingerprint density at radius 1 is 1.38 bits per heavy atom. The van der Waals surface area contributed by atoms with Gasteiger partial charge in [-0.05, 0) is 25.1 Å². The lowest BCUT2D eigenvalue weighted by Gasteiger charge is -2.09. The summed E-state index contributed by atoms with van der Waals surface area (Å²) < 4.78 is 10.6. The van der Waals surface area contributed by atoms with Gasteiger partial charge in [0.15, 0.2) is 0 Å². The molecule has 0 atom stereocenters. The summed E-state index contributed by atoms with van der Waals surface area (Å²) in [6.07, 6.45) is 0. The van der Waals surface area contributed by atoms with Crippen LogP contribution >= 0.6 is 22.9 Å². The fourth-order valence-corrected chi connectivity index (χ4v) is 3.10. The molecule has 8 heteroatoms. The number of carbonyl (C=O) groups is 1. The lowest BCUT2D eigenvalue weighted by Crippen LogP contribution is -2.08. The van der Waals surface area contributed by atoms with Gasteiger partial charge >= 0.3 is 5.97 Å². The number of hydrogen-bond acceptors (Lipinski definition) is 7. The largest absolute Gasteiger partial charge is 0.487 e. The van der Waals surface area contributed by atoms with E-state index < -0.39 is 5.97 Å². The summed E-state index contributed by atoms with van der Waals surface area (Å²) in [5.74, 6) is -0.223. The molecule has 2 rings (SSSR count). The maximum Gasteiger partial charge on any atom is 0.348 e. The summed E-state index contributed by atoms with van der Waals surface area (Å²) in [6, 6.07) is 8.51. The second kappa shape index (κ2) is 7.69. The van der Waals surface area contributed by atoms with Crippen LogP contribution in [0.3, 0.4) is 0 Å². The van der Waals surface area contributed by atoms with E-state index in [0.29, 0.717) is 16.9 Å². The second-order valence-corrected chi connectivity index (χ2v) is 5.99. The highest BCUT2D eigenvalue weighted by atomic mass is 35.5. The van der Waals surface area contributed by atoms with Gasteiger partial charge < -0.3 is 15.2 Å². The highest BCUT2D eigenvalue weighted by Gasteiger charge is 2.23. The third-order valence-corrected chi connectivity index (χ3v) is 4.38. The summed E-state index contributed by atoms with van der Waals surface area (Å²) in [6.45, 7) is 1.82. The van der Waals surface area contributed by atoms with Crippen LogP contribution < -0.4 is 10.5 Å². The molecule has 6 nitrogen and oxygen atoms in total. The molecule has 0 fully saturated rings. The molecule has 2 aromatic rings. The zero-order valence-corrected chi connectivity index (χ0v) is 14.2. The highest BCUT2D eigenvalue weighted by Crippen LogP contribution is 2.33. The molecule has 0 saturated heterocycles. The Morgan fingerprint density at radius 3 is 2.71 bits per heavy atom. The quantitative estimate of drug-likeness (QED) is 0.816. The smallest absolute Gasteiger partial charge is 0.348 e. The number of nitrogens with two attached hydrogens (primary N) is 1. The molecule has 0 aliphatic carbocycles. The van der Waals surface area contributed by atoms with E-state index in [1.807, 2.05) is 12.1 Å². The molecule has 122 valence electrons. The average molecular weight is 362 g/mol. The minimum Gasteiger partial charge on any atom is -0.487 e. The van der Waals surface area contributed by atoms with Crippen molar-refractivity contribution in [1.29, 1.82) is 10.5 Å². The molecule has 0 bridgehead atoms. The van der Waals surface area contributed by atoms with Gasteiger partial charge in [0.1, 0.15) is 28.3 Å². The van der Waals surface area contributed by atoms with Crippen LogP contribution in [0.1, 0.15) is 33.3 Å². The summed E-state index contributed by atoms with van der Waals surface area (Å²) in [5.41, 5.74) is 6.74. The first-order valence-corrected chi connectivity index (χ1v) is 8.02. The first-order valence-electron chi connectivity index (χ1n) is 6.82. The first-order chi connectivity index (χ1) is 11.5. The Hall–Kier alpha value is -2.74. The molecule has 0 spiro atoms. The predicted molar refractivity (Wildman–Crippen MR) is 89.9 cm³/mol. The van der Waals surface area contributed by atoms with Crippen LogP contribution in [-0.2, 0) is 11.3 Å². The van der Waals surface area contributed by atoms with Crippen LogP contribution in [0.2, 0.25) is 5.02 Å². The number of anilines is 1. The Labute approximate surface area is 147 Å². The third kappa shape index (κ3) is 3.60. The number of nitrogens with zero attached hydrogens (tertiary/aromatic N) is 2. The van der Waals surface area contributed by atoms with E-state index in [1.54, 1.807) is 19.1 Å². The van der Waals surface area contributed by atoms with E-state index in [2.05, 4.69) is 0 Å². The van der Waals surface area contributed by atoms with Gasteiger partial charge in [-0.2, -0.15) is 10.5 Å². The number of nitrogen functional groups attached to an aromatic ring is 1. The molecule has 0 aliphatic heterocycles. The van der Waals surface area contributed by atoms with Crippen LogP contribution in [0, 0.1) is 22.7 Å². The number of esters is 1. The Bertz CT molecular complexity index is 865. The highest BCUT2D eigenvalue weighted by molar-refractivity contribution is 7.18. The van der Waals surface area contributed by atoms with E-state index in [-0.39, 0.29) is 33.7 Å². The average Bonchev–Trinajstić information content (AvgIpc) is 2.89. The zero-order valence-electron chi connectivity index (χ0n) is 12.6. The van der Waals surface area contributed by atoms with Crippen LogP contribution in [0.5, 0.6) is 5.75 Å². The molecule has 0 amide bonds. The van der Waals surface area contributed by atoms with Gasteiger partial charge in [-0.1, -0.05) is 11.6 Å². The number of hydrogen-bond donors (Lipinski definition) is 1. The SMILES string of the molecule is CCOC(=O)c1sc(N)c(C#N)c1COc1ccc(C#N)cc1Cl. The summed E-state index contributed by atoms with van der Waals surface area (Å²) in [4.78, 5) is 12.2. The van der Waals surface area contributed by atoms with Crippen LogP contribution in [0.25, 0.3) is 0 Å². The van der Waals surface area contributed by atoms with Gasteiger partial charge in [-0.15, -0.1) is 11.3 Å². The van der Waals surface area contributed by atoms with E-state index in [4.69, 9.17) is 32.1 Å². The molecule has 2 N–H and O–H groups in total. The number of benzene rings is 1. The minimum atomic E-state index is -0.555. The predicted octanol–water partition coefficient (Wildman–Crippen LogP) is 3.48. The topological polar surface area (TPSA) is 109 Å². The van der Waals surface area contributed by atoms with Crippen molar-refractivity contribution in [1.82, 2.24) is 0 Å². The summed E-state index contributed by atoms with van der Waals surface area (Å²) in [7, 11) is 0. The monoisotopic (exact) mass is 361 g/mol. The standard InChI is InChI=1S/C16H12ClN3O3S/c1-2-22-16(21)14-11(10(7-19)15(20)24-14)8-23-13-4-3-9(6-18)5-12(13)17/h3-5H,2,8,20H2,1H3. The van der Waals surface area contributed by atoms with E-state index >= 15 is 0 Å². The number of thiophene rings is 1. The van der Waals surface area contributed by atoms with Gasteiger partial charge in [0, 0.05) is 5.56 Å². The number of rotatable bonds is 5. The van der Waals surface area contributed by atoms with Crippen LogP contribution in [0.15, 0.2) is 18.2 Å². The molecule has 0 aliphatic rings. The Balaban J connectivity index is 2.31. The van der Waals surface area contributed by atoms with Crippen molar-refractivity contribution in [2.75, 3.05) is 12.3 Å². The zero-order chi connectivity index (χ0) is 17.7. The van der Waals surface area contributed by atoms with E-state index in [1.165, 1.54) is 6.07 Å². The minimum absolute atomic E-state index is 0.0731. The maximum absolute atomic E-state index is 12.0. The van der Waals surface area contributed by atoms with Gasteiger partial charge in [-0.25, -0.2) is 4.79 Å². The normalized spacial score (nSPS) is 9.83. The van der Waals surface area contributed by atoms with Gasteiger partial charge in [0.05, 0.1) is 28.8 Å². The van der Waals surface area contributed by atoms with Gasteiger partial charge in [0.2, 0.25) is 0 Å². The van der Waals surface area contributed by atoms with Crippen molar-refractivity contribution in [2.24, 2.45) is 0 Å². The lowest BCUT2D eigenvalue weighted by atomic mass is 10.1. The molecule has 24 heavy (non-hydrogen) atoms. The summed E-state index contributed by atoms with van der Waals surface area (Å²) >= 11 is 7.03. The molecule has 1 heterocycles. The van der Waals surface area contributed by atoms with Crippen LogP contribution in [0.4, 0.5) is 5.00 Å². The van der Waals surface area contributed by atoms with Crippen molar-refractivity contribution in [3.05, 3.63) is 44.8 Å². The summed E-state index contributed by atoms with van der Waals surface area (Å²) in [5, 5.41) is 18.6. The molecule has 0 radical (unpaired) electrons. The first kappa shape index (κ1) is 17.6. The molecular formula is C16H12ClN3O3S. The molecule has 0 unspecified atom stereocenters. The fraction of sp³-hybridized carbons (Fsp3) is 0.188.